The zero-order chi connectivity index (χ0) is 25.3. The third kappa shape index (κ3) is 5.09. The quantitative estimate of drug-likeness (QED) is 0.421. The molecule has 9 heteroatoms. The molecule has 0 aliphatic carbocycles. The van der Waals surface area contributed by atoms with Gasteiger partial charge < -0.3 is 9.84 Å². The first-order valence-electron chi connectivity index (χ1n) is 11.1. The smallest absolute Gasteiger partial charge is 0.264 e. The summed E-state index contributed by atoms with van der Waals surface area (Å²) in [6.45, 7) is 8.50. The molecular formula is C26H26FN5O3. The zero-order valence-electron chi connectivity index (χ0n) is 20.2. The minimum absolute atomic E-state index is 0.0136. The molecule has 0 radical (unpaired) electrons. The number of rotatable bonds is 6. The summed E-state index contributed by atoms with van der Waals surface area (Å²) in [6.07, 6.45) is 1.60. The Morgan fingerprint density at radius 3 is 2.54 bits per heavy atom. The van der Waals surface area contributed by atoms with Crippen LogP contribution in [0, 0.1) is 26.7 Å². The second-order valence-electron chi connectivity index (χ2n) is 8.80. The van der Waals surface area contributed by atoms with Gasteiger partial charge in [0.2, 0.25) is 11.8 Å². The van der Waals surface area contributed by atoms with Gasteiger partial charge in [0.15, 0.2) is 5.82 Å². The Bertz CT molecular complexity index is 1460. The van der Waals surface area contributed by atoms with Crippen molar-refractivity contribution in [1.29, 1.82) is 0 Å². The topological polar surface area (TPSA) is 103 Å². The molecule has 180 valence electrons. The fourth-order valence-corrected chi connectivity index (χ4v) is 3.61. The van der Waals surface area contributed by atoms with Crippen LogP contribution in [0.3, 0.4) is 0 Å². The highest BCUT2D eigenvalue weighted by molar-refractivity contribution is 5.64. The molecule has 0 aliphatic heterocycles. The summed E-state index contributed by atoms with van der Waals surface area (Å²) in [7, 11) is 0. The van der Waals surface area contributed by atoms with Gasteiger partial charge in [-0.15, -0.1) is 0 Å². The highest BCUT2D eigenvalue weighted by atomic mass is 19.1. The van der Waals surface area contributed by atoms with Gasteiger partial charge in [-0.25, -0.2) is 15.0 Å². The van der Waals surface area contributed by atoms with Crippen LogP contribution in [0.5, 0.6) is 5.88 Å². The van der Waals surface area contributed by atoms with Crippen LogP contribution in [-0.4, -0.2) is 29.6 Å². The third-order valence-electron chi connectivity index (χ3n) is 5.51. The zero-order valence-corrected chi connectivity index (χ0v) is 20.2. The molecule has 0 aliphatic rings. The molecule has 0 bridgehead atoms. The third-order valence-corrected chi connectivity index (χ3v) is 5.51. The Kier molecular flexibility index (Phi) is 6.45. The van der Waals surface area contributed by atoms with Gasteiger partial charge in [-0.2, -0.15) is 9.37 Å². The highest BCUT2D eigenvalue weighted by Crippen LogP contribution is 2.26. The van der Waals surface area contributed by atoms with E-state index in [-0.39, 0.29) is 18.0 Å². The molecule has 0 atom stereocenters. The van der Waals surface area contributed by atoms with Gasteiger partial charge in [0, 0.05) is 11.8 Å². The summed E-state index contributed by atoms with van der Waals surface area (Å²) in [6, 6.07) is 11.8. The first-order valence-corrected chi connectivity index (χ1v) is 11.1. The van der Waals surface area contributed by atoms with Crippen molar-refractivity contribution in [2.24, 2.45) is 0 Å². The minimum Gasteiger partial charge on any atom is -0.471 e. The number of aliphatic hydroxyl groups is 1. The fraction of sp³-hybridized carbons (Fsp3) is 0.269. The molecule has 0 unspecified atom stereocenters. The fourth-order valence-electron chi connectivity index (χ4n) is 3.61. The standard InChI is InChI=1S/C26H26FN5O3/c1-15-9-10-18(20-11-12-28-25(31-20)26(4,5)34)13-21(15)32-17(3)29-23(16(2)24(32)33)35-14-19-7-6-8-22(27)30-19/h6-13,34H,14H2,1-5H3. The summed E-state index contributed by atoms with van der Waals surface area (Å²) < 4.78 is 20.6. The molecule has 0 spiro atoms. The van der Waals surface area contributed by atoms with Crippen LogP contribution >= 0.6 is 0 Å². The Hall–Kier alpha value is -3.98. The maximum atomic E-state index is 13.4. The number of ether oxygens (including phenoxy) is 1. The van der Waals surface area contributed by atoms with Crippen LogP contribution in [0.15, 0.2) is 53.5 Å². The van der Waals surface area contributed by atoms with Gasteiger partial charge in [0.05, 0.1) is 22.6 Å². The van der Waals surface area contributed by atoms with Gasteiger partial charge >= 0.3 is 0 Å². The van der Waals surface area contributed by atoms with Crippen molar-refractivity contribution in [2.75, 3.05) is 0 Å². The molecule has 8 nitrogen and oxygen atoms in total. The van der Waals surface area contributed by atoms with E-state index >= 15 is 0 Å². The first-order chi connectivity index (χ1) is 16.5. The molecular weight excluding hydrogens is 449 g/mol. The summed E-state index contributed by atoms with van der Waals surface area (Å²) >= 11 is 0. The number of aromatic nitrogens is 5. The SMILES string of the molecule is Cc1ccc(-c2ccnc(C(C)(C)O)n2)cc1-n1c(C)nc(OCc2cccc(F)n2)c(C)c1=O. The molecule has 0 saturated carbocycles. The van der Waals surface area contributed by atoms with Crippen molar-refractivity contribution in [1.82, 2.24) is 24.5 Å². The number of aryl methyl sites for hydroxylation is 2. The van der Waals surface area contributed by atoms with Gasteiger partial charge in [-0.05, 0) is 64.4 Å². The molecule has 0 amide bonds. The van der Waals surface area contributed by atoms with Gasteiger partial charge in [0.1, 0.15) is 18.0 Å². The lowest BCUT2D eigenvalue weighted by molar-refractivity contribution is 0.0688. The highest BCUT2D eigenvalue weighted by Gasteiger charge is 2.21. The van der Waals surface area contributed by atoms with E-state index in [0.717, 1.165) is 11.1 Å². The number of hydrogen-bond acceptors (Lipinski definition) is 7. The Balaban J connectivity index is 1.72. The minimum atomic E-state index is -1.19. The van der Waals surface area contributed by atoms with Gasteiger partial charge in [0.25, 0.3) is 5.56 Å². The van der Waals surface area contributed by atoms with E-state index in [4.69, 9.17) is 4.74 Å². The maximum absolute atomic E-state index is 13.4. The molecule has 3 aromatic heterocycles. The molecule has 3 heterocycles. The van der Waals surface area contributed by atoms with Crippen LogP contribution < -0.4 is 10.3 Å². The lowest BCUT2D eigenvalue weighted by atomic mass is 10.1. The second-order valence-corrected chi connectivity index (χ2v) is 8.80. The van der Waals surface area contributed by atoms with Crippen molar-refractivity contribution < 1.29 is 14.2 Å². The number of halogens is 1. The van der Waals surface area contributed by atoms with Crippen LogP contribution in [0.4, 0.5) is 4.39 Å². The van der Waals surface area contributed by atoms with E-state index in [0.29, 0.717) is 34.3 Å². The van der Waals surface area contributed by atoms with Crippen molar-refractivity contribution >= 4 is 0 Å². The van der Waals surface area contributed by atoms with Crippen molar-refractivity contribution in [3.63, 3.8) is 0 Å². The molecule has 0 saturated heterocycles. The molecule has 1 aromatic carbocycles. The van der Waals surface area contributed by atoms with Crippen LogP contribution in [0.2, 0.25) is 0 Å². The van der Waals surface area contributed by atoms with Crippen LogP contribution in [0.25, 0.3) is 16.9 Å². The number of nitrogens with zero attached hydrogens (tertiary/aromatic N) is 5. The predicted molar refractivity (Wildman–Crippen MR) is 129 cm³/mol. The lowest BCUT2D eigenvalue weighted by Gasteiger charge is -2.18. The summed E-state index contributed by atoms with van der Waals surface area (Å²) in [4.78, 5) is 30.3. The Morgan fingerprint density at radius 1 is 1.06 bits per heavy atom. The van der Waals surface area contributed by atoms with Crippen molar-refractivity contribution in [3.8, 4) is 22.8 Å². The van der Waals surface area contributed by atoms with E-state index in [2.05, 4.69) is 19.9 Å². The van der Waals surface area contributed by atoms with Gasteiger partial charge in [-0.3, -0.25) is 9.36 Å². The molecule has 35 heavy (non-hydrogen) atoms. The van der Waals surface area contributed by atoms with Crippen LogP contribution in [0.1, 0.15) is 42.3 Å². The lowest BCUT2D eigenvalue weighted by Crippen LogP contribution is -2.26. The molecule has 4 rings (SSSR count). The molecule has 1 N–H and O–H groups in total. The Morgan fingerprint density at radius 2 is 1.83 bits per heavy atom. The monoisotopic (exact) mass is 475 g/mol. The second kappa shape index (κ2) is 9.34. The largest absolute Gasteiger partial charge is 0.471 e. The average Bonchev–Trinajstić information content (AvgIpc) is 2.81. The summed E-state index contributed by atoms with van der Waals surface area (Å²) in [5.74, 6) is 0.311. The number of hydrogen-bond donors (Lipinski definition) is 1. The van der Waals surface area contributed by atoms with E-state index < -0.39 is 11.5 Å². The molecule has 4 aromatic rings. The summed E-state index contributed by atoms with van der Waals surface area (Å²) in [5.41, 5.74) is 2.16. The maximum Gasteiger partial charge on any atom is 0.264 e. The van der Waals surface area contributed by atoms with Crippen LogP contribution in [-0.2, 0) is 12.2 Å². The van der Waals surface area contributed by atoms with Crippen molar-refractivity contribution in [2.45, 2.75) is 46.8 Å². The van der Waals surface area contributed by atoms with E-state index in [1.54, 1.807) is 52.1 Å². The van der Waals surface area contributed by atoms with Gasteiger partial charge in [-0.1, -0.05) is 18.2 Å². The predicted octanol–water partition coefficient (Wildman–Crippen LogP) is 3.96. The van der Waals surface area contributed by atoms with E-state index in [9.17, 15) is 14.3 Å². The summed E-state index contributed by atoms with van der Waals surface area (Å²) in [5, 5.41) is 10.3. The normalized spacial score (nSPS) is 11.5. The first kappa shape index (κ1) is 24.2. The molecule has 0 fully saturated rings. The number of benzene rings is 1. The van der Waals surface area contributed by atoms with E-state index in [1.165, 1.54) is 10.6 Å². The van der Waals surface area contributed by atoms with E-state index in [1.807, 2.05) is 25.1 Å². The average molecular weight is 476 g/mol. The van der Waals surface area contributed by atoms with Crippen molar-refractivity contribution in [3.05, 3.63) is 93.4 Å². The number of pyridine rings is 1. The Labute approximate surface area is 202 Å².